The molecule has 1 aromatic heterocycles. The van der Waals surface area contributed by atoms with Gasteiger partial charge in [-0.1, -0.05) is 0 Å². The molecule has 2 heterocycles. The van der Waals surface area contributed by atoms with E-state index in [0.717, 1.165) is 22.6 Å². The van der Waals surface area contributed by atoms with Crippen LogP contribution >= 0.6 is 0 Å². The number of nitrogens with one attached hydrogen (secondary N) is 1. The summed E-state index contributed by atoms with van der Waals surface area (Å²) in [6.45, 7) is 1.28. The molecule has 7 heteroatoms. The van der Waals surface area contributed by atoms with E-state index in [4.69, 9.17) is 13.9 Å². The van der Waals surface area contributed by atoms with E-state index < -0.39 is 0 Å². The Morgan fingerprint density at radius 1 is 1.15 bits per heavy atom. The molecule has 1 N–H and O–H groups in total. The van der Waals surface area contributed by atoms with Gasteiger partial charge in [0.2, 0.25) is 11.8 Å². The fraction of sp³-hybridized carbons (Fsp3) is 0.368. The van der Waals surface area contributed by atoms with Crippen molar-refractivity contribution >= 4 is 17.5 Å². The highest BCUT2D eigenvalue weighted by atomic mass is 16.5. The lowest BCUT2D eigenvalue weighted by molar-refractivity contribution is -0.136. The molecule has 0 unspecified atom stereocenters. The van der Waals surface area contributed by atoms with Crippen LogP contribution in [0.3, 0.4) is 0 Å². The predicted molar refractivity (Wildman–Crippen MR) is 95.6 cm³/mol. The van der Waals surface area contributed by atoms with E-state index in [9.17, 15) is 9.59 Å². The second kappa shape index (κ2) is 8.16. The first-order chi connectivity index (χ1) is 12.6. The molecule has 3 rings (SSSR count). The van der Waals surface area contributed by atoms with Crippen LogP contribution in [-0.4, -0.2) is 50.7 Å². The molecule has 0 radical (unpaired) electrons. The van der Waals surface area contributed by atoms with Crippen LogP contribution < -0.4 is 5.32 Å². The van der Waals surface area contributed by atoms with E-state index in [0.29, 0.717) is 25.2 Å². The van der Waals surface area contributed by atoms with E-state index in [1.807, 2.05) is 30.3 Å². The number of carbonyl (C=O) groups is 2. The van der Waals surface area contributed by atoms with Gasteiger partial charge in [-0.05, 0) is 30.3 Å². The number of nitrogens with zero attached hydrogens (tertiary/aromatic N) is 1. The number of hydrogen-bond acceptors (Lipinski definition) is 5. The average molecular weight is 358 g/mol. The number of benzene rings is 1. The highest BCUT2D eigenvalue weighted by molar-refractivity contribution is 5.91. The van der Waals surface area contributed by atoms with E-state index in [1.54, 1.807) is 4.90 Å². The lowest BCUT2D eigenvalue weighted by Crippen LogP contribution is -2.37. The Bertz CT molecular complexity index is 782. The van der Waals surface area contributed by atoms with Gasteiger partial charge in [-0.2, -0.15) is 0 Å². The minimum Gasteiger partial charge on any atom is -0.461 e. The molecular formula is C19H22N2O5. The van der Waals surface area contributed by atoms with Gasteiger partial charge in [0.1, 0.15) is 24.7 Å². The summed E-state index contributed by atoms with van der Waals surface area (Å²) in [7, 11) is 3.00. The van der Waals surface area contributed by atoms with Crippen molar-refractivity contribution in [1.82, 2.24) is 4.90 Å². The van der Waals surface area contributed by atoms with Gasteiger partial charge in [0.15, 0.2) is 0 Å². The molecule has 1 aromatic carbocycles. The molecule has 1 aliphatic rings. The maximum atomic E-state index is 12.0. The summed E-state index contributed by atoms with van der Waals surface area (Å²) < 4.78 is 15.7. The van der Waals surface area contributed by atoms with Crippen molar-refractivity contribution in [2.45, 2.75) is 13.0 Å². The molecule has 0 spiro atoms. The number of hydrogen-bond donors (Lipinski definition) is 1. The smallest absolute Gasteiger partial charge is 0.250 e. The standard InChI is InChI=1S/C19H22N2O5/c1-24-11-18(22)20-15-5-3-13(4-6-15)17-9-14-10-21(19(23)12-25-2)8-7-16(14)26-17/h3-6,9H,7-8,10-12H2,1-2H3,(H,20,22). The largest absolute Gasteiger partial charge is 0.461 e. The lowest BCUT2D eigenvalue weighted by Gasteiger charge is -2.25. The van der Waals surface area contributed by atoms with Crippen molar-refractivity contribution in [3.8, 4) is 11.3 Å². The third-order valence-electron chi connectivity index (χ3n) is 4.22. The summed E-state index contributed by atoms with van der Waals surface area (Å²) in [4.78, 5) is 25.3. The first-order valence-corrected chi connectivity index (χ1v) is 8.38. The minimum atomic E-state index is -0.200. The molecule has 0 saturated carbocycles. The zero-order valence-electron chi connectivity index (χ0n) is 14.9. The van der Waals surface area contributed by atoms with Gasteiger partial charge in [-0.25, -0.2) is 0 Å². The number of rotatable bonds is 6. The van der Waals surface area contributed by atoms with Crippen molar-refractivity contribution in [3.63, 3.8) is 0 Å². The van der Waals surface area contributed by atoms with Gasteiger partial charge in [-0.3, -0.25) is 9.59 Å². The Balaban J connectivity index is 1.70. The molecule has 26 heavy (non-hydrogen) atoms. The maximum Gasteiger partial charge on any atom is 0.250 e. The van der Waals surface area contributed by atoms with Crippen LogP contribution in [0.25, 0.3) is 11.3 Å². The van der Waals surface area contributed by atoms with Crippen LogP contribution in [0.15, 0.2) is 34.7 Å². The molecule has 0 bridgehead atoms. The van der Waals surface area contributed by atoms with Crippen molar-refractivity contribution in [1.29, 1.82) is 0 Å². The highest BCUT2D eigenvalue weighted by Gasteiger charge is 2.24. The molecule has 2 amide bonds. The average Bonchev–Trinajstić information content (AvgIpc) is 3.06. The lowest BCUT2D eigenvalue weighted by atomic mass is 10.1. The Hall–Kier alpha value is -2.64. The third kappa shape index (κ3) is 4.12. The van der Waals surface area contributed by atoms with Crippen molar-refractivity contribution in [2.75, 3.05) is 39.3 Å². The number of furan rings is 1. The fourth-order valence-electron chi connectivity index (χ4n) is 2.95. The third-order valence-corrected chi connectivity index (χ3v) is 4.22. The second-order valence-corrected chi connectivity index (χ2v) is 6.12. The number of anilines is 1. The normalized spacial score (nSPS) is 13.4. The minimum absolute atomic E-state index is 0.0166. The number of methoxy groups -OCH3 is 2. The fourth-order valence-corrected chi connectivity index (χ4v) is 2.95. The van der Waals surface area contributed by atoms with E-state index in [-0.39, 0.29) is 25.0 Å². The van der Waals surface area contributed by atoms with Gasteiger partial charge < -0.3 is 24.1 Å². The van der Waals surface area contributed by atoms with E-state index >= 15 is 0 Å². The van der Waals surface area contributed by atoms with Gasteiger partial charge in [0.05, 0.1) is 0 Å². The van der Waals surface area contributed by atoms with E-state index in [2.05, 4.69) is 5.32 Å². The number of ether oxygens (including phenoxy) is 2. The zero-order valence-corrected chi connectivity index (χ0v) is 14.9. The first kappa shape index (κ1) is 18.2. The molecule has 7 nitrogen and oxygen atoms in total. The predicted octanol–water partition coefficient (Wildman–Crippen LogP) is 2.06. The summed E-state index contributed by atoms with van der Waals surface area (Å²) in [6, 6.07) is 9.39. The maximum absolute atomic E-state index is 12.0. The number of amides is 2. The molecule has 0 saturated heterocycles. The van der Waals surface area contributed by atoms with Gasteiger partial charge in [-0.15, -0.1) is 0 Å². The van der Waals surface area contributed by atoms with Gasteiger partial charge in [0, 0.05) is 50.5 Å². The first-order valence-electron chi connectivity index (χ1n) is 8.38. The molecule has 138 valence electrons. The van der Waals surface area contributed by atoms with Crippen LogP contribution in [0.1, 0.15) is 11.3 Å². The quantitative estimate of drug-likeness (QED) is 0.855. The van der Waals surface area contributed by atoms with Crippen molar-refractivity contribution < 1.29 is 23.5 Å². The van der Waals surface area contributed by atoms with Gasteiger partial charge in [0.25, 0.3) is 0 Å². The Morgan fingerprint density at radius 2 is 1.88 bits per heavy atom. The van der Waals surface area contributed by atoms with Crippen LogP contribution in [-0.2, 0) is 32.0 Å². The second-order valence-electron chi connectivity index (χ2n) is 6.12. The summed E-state index contributed by atoms with van der Waals surface area (Å²) in [5, 5.41) is 2.75. The SMILES string of the molecule is COCC(=O)Nc1ccc(-c2cc3c(o2)CCN(C(=O)COC)C3)cc1. The summed E-state index contributed by atoms with van der Waals surface area (Å²) >= 11 is 0. The molecule has 2 aromatic rings. The molecular weight excluding hydrogens is 336 g/mol. The molecule has 1 aliphatic heterocycles. The highest BCUT2D eigenvalue weighted by Crippen LogP contribution is 2.30. The Kier molecular flexibility index (Phi) is 5.70. The van der Waals surface area contributed by atoms with Crippen LogP contribution in [0, 0.1) is 0 Å². The number of fused-ring (bicyclic) bond motifs is 1. The summed E-state index contributed by atoms with van der Waals surface area (Å²) in [5.74, 6) is 1.45. The molecule has 0 atom stereocenters. The Morgan fingerprint density at radius 3 is 2.58 bits per heavy atom. The number of carbonyl (C=O) groups excluding carboxylic acids is 2. The van der Waals surface area contributed by atoms with Crippen LogP contribution in [0.4, 0.5) is 5.69 Å². The topological polar surface area (TPSA) is 81.0 Å². The van der Waals surface area contributed by atoms with E-state index in [1.165, 1.54) is 14.2 Å². The Labute approximate surface area is 151 Å². The molecule has 0 fully saturated rings. The van der Waals surface area contributed by atoms with Gasteiger partial charge >= 0.3 is 0 Å². The zero-order chi connectivity index (χ0) is 18.5. The summed E-state index contributed by atoms with van der Waals surface area (Å²) in [6.07, 6.45) is 0.690. The summed E-state index contributed by atoms with van der Waals surface area (Å²) in [5.41, 5.74) is 2.63. The molecule has 0 aliphatic carbocycles. The van der Waals surface area contributed by atoms with Crippen molar-refractivity contribution in [2.24, 2.45) is 0 Å². The van der Waals surface area contributed by atoms with Crippen LogP contribution in [0.2, 0.25) is 0 Å². The van der Waals surface area contributed by atoms with Crippen LogP contribution in [0.5, 0.6) is 0 Å². The van der Waals surface area contributed by atoms with Crippen molar-refractivity contribution in [3.05, 3.63) is 41.7 Å². The monoisotopic (exact) mass is 358 g/mol.